The minimum Gasteiger partial charge on any atom is -0.768 e. The molecule has 1 unspecified atom stereocenters. The smallest absolute Gasteiger partial charge is 0.251 e. The van der Waals surface area contributed by atoms with Crippen molar-refractivity contribution in [2.24, 2.45) is 0 Å². The van der Waals surface area contributed by atoms with Gasteiger partial charge in [-0.25, -0.2) is 0 Å². The Morgan fingerprint density at radius 1 is 1.53 bits per heavy atom. The quantitative estimate of drug-likeness (QED) is 0.483. The number of nitrogens with one attached hydrogen (secondary N) is 1. The van der Waals surface area contributed by atoms with Crippen LogP contribution in [0.2, 0.25) is 0 Å². The summed E-state index contributed by atoms with van der Waals surface area (Å²) in [5.41, 5.74) is 0.326. The lowest BCUT2D eigenvalue weighted by Crippen LogP contribution is -2.24. The maximum absolute atomic E-state index is 11.6. The number of unbranched alkanes of at least 4 members (excludes halogenated alkanes) is 1. The molecule has 4 nitrogen and oxygen atoms in total. The van der Waals surface area contributed by atoms with Crippen molar-refractivity contribution in [3.8, 4) is 12.3 Å². The fraction of sp³-hybridized carbons (Fsp3) is 0.250. The van der Waals surface area contributed by atoms with Gasteiger partial charge in [0.05, 0.1) is 0 Å². The molecule has 0 aliphatic carbocycles. The summed E-state index contributed by atoms with van der Waals surface area (Å²) in [6, 6.07) is 5.85. The van der Waals surface area contributed by atoms with Gasteiger partial charge < -0.3 is 9.87 Å². The Hall–Kier alpha value is -1.64. The van der Waals surface area contributed by atoms with E-state index in [1.54, 1.807) is 6.07 Å². The molecule has 0 bridgehead atoms. The van der Waals surface area contributed by atoms with Crippen molar-refractivity contribution in [2.45, 2.75) is 17.7 Å². The second-order valence-corrected chi connectivity index (χ2v) is 4.27. The molecule has 1 rings (SSSR count). The van der Waals surface area contributed by atoms with Crippen LogP contribution in [0.25, 0.3) is 0 Å². The van der Waals surface area contributed by atoms with Crippen LogP contribution in [0.15, 0.2) is 29.2 Å². The van der Waals surface area contributed by atoms with Gasteiger partial charge in [0, 0.05) is 23.4 Å². The van der Waals surface area contributed by atoms with E-state index in [2.05, 4.69) is 11.2 Å². The highest BCUT2D eigenvalue weighted by Gasteiger charge is 2.05. The van der Waals surface area contributed by atoms with Crippen LogP contribution in [-0.2, 0) is 11.1 Å². The first-order valence-electron chi connectivity index (χ1n) is 5.06. The average molecular weight is 250 g/mol. The van der Waals surface area contributed by atoms with E-state index in [-0.39, 0.29) is 10.8 Å². The van der Waals surface area contributed by atoms with Crippen LogP contribution in [-0.4, -0.2) is 21.2 Å². The highest BCUT2D eigenvalue weighted by molar-refractivity contribution is 7.79. The Morgan fingerprint density at radius 3 is 2.94 bits per heavy atom. The molecule has 1 amide bonds. The third-order valence-corrected chi connectivity index (χ3v) is 2.71. The Kier molecular flexibility index (Phi) is 5.40. The summed E-state index contributed by atoms with van der Waals surface area (Å²) in [6.07, 6.45) is 6.38. The third kappa shape index (κ3) is 4.39. The Morgan fingerprint density at radius 2 is 2.29 bits per heavy atom. The zero-order valence-corrected chi connectivity index (χ0v) is 9.96. The number of carbonyl (C=O) groups is 1. The largest absolute Gasteiger partial charge is 0.768 e. The molecule has 5 heteroatoms. The second-order valence-electron chi connectivity index (χ2n) is 3.33. The monoisotopic (exact) mass is 250 g/mol. The molecule has 0 aliphatic heterocycles. The molecular weight excluding hydrogens is 238 g/mol. The lowest BCUT2D eigenvalue weighted by Gasteiger charge is -2.08. The summed E-state index contributed by atoms with van der Waals surface area (Å²) >= 11 is -2.32. The van der Waals surface area contributed by atoms with Gasteiger partial charge >= 0.3 is 0 Å². The molecule has 0 saturated carbocycles. The van der Waals surface area contributed by atoms with Crippen LogP contribution in [0.1, 0.15) is 23.2 Å². The minimum absolute atomic E-state index is 0.0984. The number of benzene rings is 1. The first-order valence-corrected chi connectivity index (χ1v) is 6.13. The molecule has 1 aromatic carbocycles. The molecule has 1 aromatic rings. The summed E-state index contributed by atoms with van der Waals surface area (Å²) < 4.78 is 21.4. The molecule has 90 valence electrons. The summed E-state index contributed by atoms with van der Waals surface area (Å²) in [4.78, 5) is 11.7. The highest BCUT2D eigenvalue weighted by atomic mass is 32.2. The van der Waals surface area contributed by atoms with Crippen LogP contribution >= 0.6 is 0 Å². The number of carbonyl (C=O) groups excluding carboxylic acids is 1. The van der Waals surface area contributed by atoms with Crippen molar-refractivity contribution >= 4 is 17.0 Å². The van der Waals surface area contributed by atoms with Gasteiger partial charge in [0.25, 0.3) is 5.91 Å². The van der Waals surface area contributed by atoms with E-state index < -0.39 is 11.1 Å². The third-order valence-electron chi connectivity index (χ3n) is 2.07. The van der Waals surface area contributed by atoms with Gasteiger partial charge in [0.2, 0.25) is 0 Å². The Labute approximate surface area is 103 Å². The normalized spacial score (nSPS) is 11.5. The molecule has 0 radical (unpaired) electrons. The predicted molar refractivity (Wildman–Crippen MR) is 64.0 cm³/mol. The van der Waals surface area contributed by atoms with Crippen LogP contribution in [0, 0.1) is 12.3 Å². The van der Waals surface area contributed by atoms with Gasteiger partial charge in [-0.05, 0) is 35.7 Å². The van der Waals surface area contributed by atoms with Crippen molar-refractivity contribution < 1.29 is 13.6 Å². The van der Waals surface area contributed by atoms with Crippen LogP contribution in [0.4, 0.5) is 0 Å². The van der Waals surface area contributed by atoms with Gasteiger partial charge in [-0.2, -0.15) is 0 Å². The number of terminal acetylenes is 1. The molecular formula is C12H12NO3S-. The predicted octanol–water partition coefficient (Wildman–Crippen LogP) is 1.07. The van der Waals surface area contributed by atoms with Crippen molar-refractivity contribution in [3.63, 3.8) is 0 Å². The summed E-state index contributed by atoms with van der Waals surface area (Å²) in [7, 11) is 0. The standard InChI is InChI=1S/C12H13NO3S/c1-2-3-4-8-13-12(14)10-6-5-7-11(9-10)17(15)16/h1,5-7,9H,3-4,8H2,(H,13,14)(H,15,16)/p-1. The summed E-state index contributed by atoms with van der Waals surface area (Å²) in [5, 5.41) is 2.66. The summed E-state index contributed by atoms with van der Waals surface area (Å²) in [5.74, 6) is 2.18. The average Bonchev–Trinajstić information content (AvgIpc) is 2.34. The number of hydrogen-bond acceptors (Lipinski definition) is 3. The van der Waals surface area contributed by atoms with Crippen LogP contribution in [0.3, 0.4) is 0 Å². The van der Waals surface area contributed by atoms with Crippen molar-refractivity contribution in [3.05, 3.63) is 29.8 Å². The van der Waals surface area contributed by atoms with E-state index in [0.717, 1.165) is 0 Å². The van der Waals surface area contributed by atoms with Crippen molar-refractivity contribution in [2.75, 3.05) is 6.54 Å². The van der Waals surface area contributed by atoms with E-state index in [0.29, 0.717) is 24.9 Å². The number of amides is 1. The molecule has 0 heterocycles. The molecule has 0 aromatic heterocycles. The maximum atomic E-state index is 11.6. The molecule has 1 atom stereocenters. The van der Waals surface area contributed by atoms with Gasteiger partial charge in [-0.15, -0.1) is 12.3 Å². The van der Waals surface area contributed by atoms with Crippen LogP contribution < -0.4 is 5.32 Å². The van der Waals surface area contributed by atoms with Gasteiger partial charge in [-0.1, -0.05) is 6.07 Å². The van der Waals surface area contributed by atoms with Crippen molar-refractivity contribution in [1.82, 2.24) is 5.32 Å². The lowest BCUT2D eigenvalue weighted by atomic mass is 10.2. The van der Waals surface area contributed by atoms with E-state index in [1.165, 1.54) is 18.2 Å². The first-order chi connectivity index (χ1) is 8.15. The van der Waals surface area contributed by atoms with Crippen LogP contribution in [0.5, 0.6) is 0 Å². The zero-order valence-electron chi connectivity index (χ0n) is 9.14. The zero-order chi connectivity index (χ0) is 12.7. The fourth-order valence-corrected chi connectivity index (χ4v) is 1.65. The molecule has 0 saturated heterocycles. The molecule has 0 aliphatic rings. The molecule has 1 N–H and O–H groups in total. The second kappa shape index (κ2) is 6.84. The van der Waals surface area contributed by atoms with Crippen molar-refractivity contribution in [1.29, 1.82) is 0 Å². The SMILES string of the molecule is C#CCCCNC(=O)c1cccc(S(=O)[O-])c1. The maximum Gasteiger partial charge on any atom is 0.251 e. The lowest BCUT2D eigenvalue weighted by molar-refractivity contribution is 0.0953. The fourth-order valence-electron chi connectivity index (χ4n) is 1.24. The molecule has 0 fully saturated rings. The van der Waals surface area contributed by atoms with E-state index in [1.807, 2.05) is 0 Å². The Bertz CT molecular complexity index is 465. The van der Waals surface area contributed by atoms with E-state index in [4.69, 9.17) is 6.42 Å². The Balaban J connectivity index is 2.60. The van der Waals surface area contributed by atoms with Gasteiger partial charge in [0.1, 0.15) is 0 Å². The minimum atomic E-state index is -2.32. The number of hydrogen-bond donors (Lipinski definition) is 1. The van der Waals surface area contributed by atoms with Gasteiger partial charge in [-0.3, -0.25) is 9.00 Å². The first kappa shape index (κ1) is 13.4. The van der Waals surface area contributed by atoms with Gasteiger partial charge in [0.15, 0.2) is 0 Å². The topological polar surface area (TPSA) is 69.2 Å². The number of rotatable bonds is 5. The molecule has 17 heavy (non-hydrogen) atoms. The van der Waals surface area contributed by atoms with E-state index in [9.17, 15) is 13.6 Å². The summed E-state index contributed by atoms with van der Waals surface area (Å²) in [6.45, 7) is 0.480. The highest BCUT2D eigenvalue weighted by Crippen LogP contribution is 2.08. The molecule has 0 spiro atoms. The van der Waals surface area contributed by atoms with E-state index >= 15 is 0 Å².